The van der Waals surface area contributed by atoms with Crippen molar-refractivity contribution in [3.63, 3.8) is 0 Å². The third-order valence-electron chi connectivity index (χ3n) is 3.30. The molecular formula is C16H21N3O2S2. The Morgan fingerprint density at radius 2 is 2.26 bits per heavy atom. The average molecular weight is 351 g/mol. The predicted molar refractivity (Wildman–Crippen MR) is 95.3 cm³/mol. The second kappa shape index (κ2) is 8.21. The van der Waals surface area contributed by atoms with Gasteiger partial charge in [0.15, 0.2) is 0 Å². The molecule has 0 radical (unpaired) electrons. The summed E-state index contributed by atoms with van der Waals surface area (Å²) in [7, 11) is 3.43. The van der Waals surface area contributed by atoms with Crippen LogP contribution < -0.4 is 10.1 Å². The zero-order chi connectivity index (χ0) is 16.8. The van der Waals surface area contributed by atoms with Gasteiger partial charge in [-0.3, -0.25) is 0 Å². The van der Waals surface area contributed by atoms with E-state index in [1.54, 1.807) is 42.2 Å². The Hall–Kier alpha value is -1.73. The number of nitrogens with one attached hydrogen (secondary N) is 1. The molecule has 1 heterocycles. The molecule has 124 valence electrons. The lowest BCUT2D eigenvalue weighted by molar-refractivity contribution is 0.206. The molecule has 0 aliphatic rings. The number of carbonyl (C=O) groups is 1. The third kappa shape index (κ3) is 4.87. The van der Waals surface area contributed by atoms with Crippen molar-refractivity contribution in [1.82, 2.24) is 15.2 Å². The van der Waals surface area contributed by atoms with E-state index in [9.17, 15) is 4.79 Å². The van der Waals surface area contributed by atoms with Crippen molar-refractivity contribution in [2.24, 2.45) is 0 Å². The summed E-state index contributed by atoms with van der Waals surface area (Å²) in [5.74, 6) is 0.835. The number of urea groups is 1. The number of ether oxygens (including phenoxy) is 1. The lowest BCUT2D eigenvalue weighted by Gasteiger charge is -2.18. The molecule has 7 heteroatoms. The molecule has 2 amide bonds. The lowest BCUT2D eigenvalue weighted by atomic mass is 10.2. The summed E-state index contributed by atoms with van der Waals surface area (Å²) in [5, 5.41) is 5.84. The maximum absolute atomic E-state index is 12.2. The molecule has 0 fully saturated rings. The number of amides is 2. The first-order chi connectivity index (χ1) is 11.0. The predicted octanol–water partition coefficient (Wildman–Crippen LogP) is 3.52. The lowest BCUT2D eigenvalue weighted by Crippen LogP contribution is -2.36. The Labute approximate surface area is 145 Å². The maximum Gasteiger partial charge on any atom is 0.317 e. The van der Waals surface area contributed by atoms with Crippen LogP contribution in [0.4, 0.5) is 4.79 Å². The number of benzene rings is 1. The molecule has 5 nitrogen and oxygen atoms in total. The highest BCUT2D eigenvalue weighted by Crippen LogP contribution is 2.28. The zero-order valence-corrected chi connectivity index (χ0v) is 15.4. The van der Waals surface area contributed by atoms with E-state index < -0.39 is 0 Å². The maximum atomic E-state index is 12.2. The summed E-state index contributed by atoms with van der Waals surface area (Å²) in [6, 6.07) is 5.88. The van der Waals surface area contributed by atoms with E-state index in [-0.39, 0.29) is 6.03 Å². The summed E-state index contributed by atoms with van der Waals surface area (Å²) >= 11 is 3.22. The van der Waals surface area contributed by atoms with Gasteiger partial charge in [-0.2, -0.15) is 0 Å². The number of aromatic nitrogens is 1. The fraction of sp³-hybridized carbons (Fsp3) is 0.375. The van der Waals surface area contributed by atoms with Gasteiger partial charge in [-0.15, -0.1) is 23.1 Å². The van der Waals surface area contributed by atoms with E-state index in [0.29, 0.717) is 13.1 Å². The molecular weight excluding hydrogens is 330 g/mol. The Morgan fingerprint density at radius 3 is 2.87 bits per heavy atom. The molecule has 0 aliphatic heterocycles. The molecule has 2 rings (SSSR count). The quantitative estimate of drug-likeness (QED) is 0.809. The summed E-state index contributed by atoms with van der Waals surface area (Å²) < 4.78 is 5.38. The number of thiazole rings is 1. The first-order valence-electron chi connectivity index (χ1n) is 7.14. The van der Waals surface area contributed by atoms with Gasteiger partial charge in [0, 0.05) is 23.9 Å². The van der Waals surface area contributed by atoms with Crippen LogP contribution in [-0.4, -0.2) is 36.3 Å². The molecule has 0 saturated heterocycles. The fourth-order valence-electron chi connectivity index (χ4n) is 2.12. The monoisotopic (exact) mass is 351 g/mol. The van der Waals surface area contributed by atoms with Gasteiger partial charge in [0.1, 0.15) is 5.75 Å². The fourth-order valence-corrected chi connectivity index (χ4v) is 3.28. The highest BCUT2D eigenvalue weighted by atomic mass is 32.2. The van der Waals surface area contributed by atoms with E-state index in [0.717, 1.165) is 26.9 Å². The number of methoxy groups -OCH3 is 1. The molecule has 1 N–H and O–H groups in total. The van der Waals surface area contributed by atoms with Gasteiger partial charge in [0.2, 0.25) is 0 Å². The van der Waals surface area contributed by atoms with E-state index in [1.165, 1.54) is 0 Å². The Morgan fingerprint density at radius 1 is 1.48 bits per heavy atom. The SMILES string of the molecule is COc1cc(CN(C)C(=O)NCc2csc(C)n2)ccc1SC. The molecule has 0 aliphatic carbocycles. The Balaban J connectivity index is 1.92. The molecule has 0 unspecified atom stereocenters. The van der Waals surface area contributed by atoms with Crippen LogP contribution in [0.25, 0.3) is 0 Å². The van der Waals surface area contributed by atoms with Crippen molar-refractivity contribution < 1.29 is 9.53 Å². The van der Waals surface area contributed by atoms with Gasteiger partial charge in [-0.25, -0.2) is 9.78 Å². The summed E-state index contributed by atoms with van der Waals surface area (Å²) in [6.07, 6.45) is 2.01. The first-order valence-corrected chi connectivity index (χ1v) is 9.24. The second-order valence-electron chi connectivity index (χ2n) is 5.06. The van der Waals surface area contributed by atoms with Gasteiger partial charge < -0.3 is 15.0 Å². The van der Waals surface area contributed by atoms with Crippen LogP contribution in [0.1, 0.15) is 16.3 Å². The van der Waals surface area contributed by atoms with Crippen molar-refractivity contribution in [2.75, 3.05) is 20.4 Å². The molecule has 0 atom stereocenters. The molecule has 23 heavy (non-hydrogen) atoms. The molecule has 0 bridgehead atoms. The third-order valence-corrected chi connectivity index (χ3v) is 4.90. The molecule has 0 spiro atoms. The molecule has 0 saturated carbocycles. The van der Waals surface area contributed by atoms with Crippen LogP contribution in [-0.2, 0) is 13.1 Å². The standard InChI is InChI=1S/C16H21N3O2S2/c1-11-18-13(10-23-11)8-17-16(20)19(2)9-12-5-6-15(22-4)14(7-12)21-3/h5-7,10H,8-9H2,1-4H3,(H,17,20). The number of nitrogens with zero attached hydrogens (tertiary/aromatic N) is 2. The zero-order valence-electron chi connectivity index (χ0n) is 13.8. The van der Waals surface area contributed by atoms with Gasteiger partial charge in [0.05, 0.1) is 24.4 Å². The van der Waals surface area contributed by atoms with E-state index in [2.05, 4.69) is 10.3 Å². The molecule has 1 aromatic carbocycles. The second-order valence-corrected chi connectivity index (χ2v) is 6.97. The van der Waals surface area contributed by atoms with Crippen LogP contribution in [0.15, 0.2) is 28.5 Å². The number of hydrogen-bond acceptors (Lipinski definition) is 5. The summed E-state index contributed by atoms with van der Waals surface area (Å²) in [6.45, 7) is 2.92. The van der Waals surface area contributed by atoms with Crippen LogP contribution in [0.2, 0.25) is 0 Å². The van der Waals surface area contributed by atoms with E-state index in [4.69, 9.17) is 4.74 Å². The van der Waals surface area contributed by atoms with Crippen LogP contribution in [0.3, 0.4) is 0 Å². The topological polar surface area (TPSA) is 54.5 Å². The van der Waals surface area contributed by atoms with Crippen LogP contribution >= 0.6 is 23.1 Å². The number of carbonyl (C=O) groups excluding carboxylic acids is 1. The van der Waals surface area contributed by atoms with Gasteiger partial charge in [-0.05, 0) is 30.9 Å². The highest BCUT2D eigenvalue weighted by molar-refractivity contribution is 7.98. The molecule has 1 aromatic heterocycles. The Bertz CT molecular complexity index is 673. The first kappa shape index (κ1) is 17.6. The number of rotatable bonds is 6. The van der Waals surface area contributed by atoms with Crippen LogP contribution in [0, 0.1) is 6.92 Å². The van der Waals surface area contributed by atoms with Crippen molar-refractivity contribution in [2.45, 2.75) is 24.9 Å². The highest BCUT2D eigenvalue weighted by Gasteiger charge is 2.11. The number of hydrogen-bond donors (Lipinski definition) is 1. The minimum absolute atomic E-state index is 0.122. The van der Waals surface area contributed by atoms with Gasteiger partial charge in [0.25, 0.3) is 0 Å². The van der Waals surface area contributed by atoms with E-state index >= 15 is 0 Å². The van der Waals surface area contributed by atoms with Crippen LogP contribution in [0.5, 0.6) is 5.75 Å². The van der Waals surface area contributed by atoms with Crippen molar-refractivity contribution in [3.05, 3.63) is 39.8 Å². The van der Waals surface area contributed by atoms with Crippen molar-refractivity contribution in [3.8, 4) is 5.75 Å². The smallest absolute Gasteiger partial charge is 0.317 e. The summed E-state index contributed by atoms with van der Waals surface area (Å²) in [5.41, 5.74) is 1.92. The molecule has 2 aromatic rings. The minimum Gasteiger partial charge on any atom is -0.496 e. The Kier molecular flexibility index (Phi) is 6.29. The normalized spacial score (nSPS) is 10.4. The van der Waals surface area contributed by atoms with Crippen molar-refractivity contribution >= 4 is 29.1 Å². The number of thioether (sulfide) groups is 1. The average Bonchev–Trinajstić information content (AvgIpc) is 2.97. The minimum atomic E-state index is -0.122. The largest absolute Gasteiger partial charge is 0.496 e. The number of aryl methyl sites for hydroxylation is 1. The van der Waals surface area contributed by atoms with Gasteiger partial charge >= 0.3 is 6.03 Å². The van der Waals surface area contributed by atoms with Crippen molar-refractivity contribution in [1.29, 1.82) is 0 Å². The van der Waals surface area contributed by atoms with E-state index in [1.807, 2.05) is 36.8 Å². The summed E-state index contributed by atoms with van der Waals surface area (Å²) in [4.78, 5) is 19.2. The van der Waals surface area contributed by atoms with Gasteiger partial charge in [-0.1, -0.05) is 6.07 Å².